The maximum Gasteiger partial charge on any atom is 0.342 e. The van der Waals surface area contributed by atoms with Crippen LogP contribution < -0.4 is 4.31 Å². The molecule has 0 fully saturated rings. The Bertz CT molecular complexity index is 1140. The minimum atomic E-state index is -4.10. The summed E-state index contributed by atoms with van der Waals surface area (Å²) >= 11 is 6.18. The van der Waals surface area contributed by atoms with Gasteiger partial charge in [-0.15, -0.1) is 0 Å². The van der Waals surface area contributed by atoms with Crippen molar-refractivity contribution in [2.75, 3.05) is 18.5 Å². The van der Waals surface area contributed by atoms with Gasteiger partial charge in [-0.2, -0.15) is 13.5 Å². The topological polar surface area (TPSA) is 81.5 Å². The van der Waals surface area contributed by atoms with Crippen molar-refractivity contribution >= 4 is 33.3 Å². The monoisotopic (exact) mass is 433 g/mol. The van der Waals surface area contributed by atoms with Crippen LogP contribution >= 0.6 is 11.6 Å². The number of esters is 1. The molecule has 1 heterocycles. The Morgan fingerprint density at radius 1 is 1.17 bits per heavy atom. The molecule has 0 saturated carbocycles. The number of anilines is 1. The molecular weight excluding hydrogens is 414 g/mol. The normalized spacial score (nSPS) is 11.3. The summed E-state index contributed by atoms with van der Waals surface area (Å²) in [6, 6.07) is 14.1. The van der Waals surface area contributed by atoms with Gasteiger partial charge in [0.25, 0.3) is 10.0 Å². The lowest BCUT2D eigenvalue weighted by Crippen LogP contribution is -2.28. The van der Waals surface area contributed by atoms with Gasteiger partial charge in [0, 0.05) is 18.3 Å². The first-order chi connectivity index (χ1) is 13.7. The first-order valence-corrected chi connectivity index (χ1v) is 10.5. The van der Waals surface area contributed by atoms with Gasteiger partial charge in [0.1, 0.15) is 5.56 Å². The minimum Gasteiger partial charge on any atom is -0.465 e. The van der Waals surface area contributed by atoms with Crippen LogP contribution in [-0.2, 0) is 21.3 Å². The van der Waals surface area contributed by atoms with Crippen molar-refractivity contribution < 1.29 is 17.9 Å². The summed E-state index contributed by atoms with van der Waals surface area (Å²) in [6.45, 7) is 2.11. The van der Waals surface area contributed by atoms with Gasteiger partial charge in [0.2, 0.25) is 5.03 Å². The number of hydrogen-bond donors (Lipinski definition) is 0. The molecule has 152 valence electrons. The zero-order valence-corrected chi connectivity index (χ0v) is 17.7. The highest BCUT2D eigenvalue weighted by Gasteiger charge is 2.31. The van der Waals surface area contributed by atoms with E-state index in [0.717, 1.165) is 15.4 Å². The Morgan fingerprint density at radius 2 is 1.83 bits per heavy atom. The van der Waals surface area contributed by atoms with Crippen LogP contribution in [0.2, 0.25) is 5.02 Å². The first kappa shape index (κ1) is 20.9. The molecule has 0 unspecified atom stereocenters. The van der Waals surface area contributed by atoms with E-state index >= 15 is 0 Å². The third kappa shape index (κ3) is 4.28. The van der Waals surface area contributed by atoms with Gasteiger partial charge in [-0.3, -0.25) is 8.99 Å². The molecule has 0 radical (unpaired) electrons. The Hall–Kier alpha value is -2.84. The molecule has 0 aliphatic carbocycles. The van der Waals surface area contributed by atoms with E-state index in [1.54, 1.807) is 42.5 Å². The van der Waals surface area contributed by atoms with Crippen LogP contribution in [0.25, 0.3) is 0 Å². The molecule has 29 heavy (non-hydrogen) atoms. The van der Waals surface area contributed by atoms with Crippen molar-refractivity contribution in [1.82, 2.24) is 9.78 Å². The van der Waals surface area contributed by atoms with E-state index in [1.807, 2.05) is 13.0 Å². The van der Waals surface area contributed by atoms with Crippen molar-refractivity contribution in [3.05, 3.63) is 76.4 Å². The fourth-order valence-corrected chi connectivity index (χ4v) is 4.23. The number of methoxy groups -OCH3 is 1. The lowest BCUT2D eigenvalue weighted by Gasteiger charge is -2.18. The van der Waals surface area contributed by atoms with Gasteiger partial charge in [0.15, 0.2) is 0 Å². The molecule has 9 heteroatoms. The largest absolute Gasteiger partial charge is 0.465 e. The number of aromatic nitrogens is 2. The van der Waals surface area contributed by atoms with Crippen LogP contribution in [0.1, 0.15) is 21.5 Å². The van der Waals surface area contributed by atoms with Crippen molar-refractivity contribution in [3.63, 3.8) is 0 Å². The Labute approximate surface area is 174 Å². The summed E-state index contributed by atoms with van der Waals surface area (Å²) in [4.78, 5) is 12.2. The molecule has 7 nitrogen and oxygen atoms in total. The first-order valence-electron chi connectivity index (χ1n) is 8.69. The van der Waals surface area contributed by atoms with Gasteiger partial charge in [0.05, 0.1) is 19.3 Å². The Kier molecular flexibility index (Phi) is 5.95. The van der Waals surface area contributed by atoms with Crippen molar-refractivity contribution in [3.8, 4) is 0 Å². The van der Waals surface area contributed by atoms with Crippen LogP contribution in [0, 0.1) is 6.92 Å². The Balaban J connectivity index is 2.04. The summed E-state index contributed by atoms with van der Waals surface area (Å²) in [5.74, 6) is -0.786. The van der Waals surface area contributed by atoms with E-state index in [-0.39, 0.29) is 17.1 Å². The molecule has 0 spiro atoms. The summed E-state index contributed by atoms with van der Waals surface area (Å²) < 4.78 is 33.6. The lowest BCUT2D eigenvalue weighted by molar-refractivity contribution is 0.0596. The molecular formula is C20H20ClN3O4S. The van der Waals surface area contributed by atoms with Crippen molar-refractivity contribution in [1.29, 1.82) is 0 Å². The zero-order valence-electron chi connectivity index (χ0n) is 16.2. The van der Waals surface area contributed by atoms with Crippen LogP contribution in [0.4, 0.5) is 5.69 Å². The highest BCUT2D eigenvalue weighted by Crippen LogP contribution is 2.25. The van der Waals surface area contributed by atoms with E-state index in [1.165, 1.54) is 25.0 Å². The van der Waals surface area contributed by atoms with E-state index in [2.05, 4.69) is 5.10 Å². The smallest absolute Gasteiger partial charge is 0.342 e. The quantitative estimate of drug-likeness (QED) is 0.555. The predicted octanol–water partition coefficient (Wildman–Crippen LogP) is 3.50. The number of carbonyl (C=O) groups is 1. The zero-order chi connectivity index (χ0) is 21.2. The molecule has 0 aliphatic heterocycles. The molecule has 1 aromatic heterocycles. The molecule has 0 amide bonds. The predicted molar refractivity (Wildman–Crippen MR) is 111 cm³/mol. The third-order valence-corrected chi connectivity index (χ3v) is 6.52. The van der Waals surface area contributed by atoms with Crippen molar-refractivity contribution in [2.45, 2.75) is 18.5 Å². The summed E-state index contributed by atoms with van der Waals surface area (Å²) in [5.41, 5.74) is 2.05. The number of benzene rings is 2. The third-order valence-electron chi connectivity index (χ3n) is 4.43. The van der Waals surface area contributed by atoms with Crippen LogP contribution in [0.3, 0.4) is 0 Å². The maximum absolute atomic E-state index is 13.2. The molecule has 3 rings (SSSR count). The SMILES string of the molecule is COC(=O)c1cn(Cc2ccccc2Cl)nc1S(=O)(=O)N(C)c1ccc(C)cc1. The maximum atomic E-state index is 13.2. The van der Waals surface area contributed by atoms with Crippen molar-refractivity contribution in [2.24, 2.45) is 0 Å². The standard InChI is InChI=1S/C20H20ClN3O4S/c1-14-8-10-16(11-9-14)23(2)29(26,27)19-17(20(25)28-3)13-24(22-19)12-15-6-4-5-7-18(15)21/h4-11,13H,12H2,1-3H3. The average Bonchev–Trinajstić information content (AvgIpc) is 3.14. The molecule has 0 bridgehead atoms. The number of ether oxygens (including phenoxy) is 1. The lowest BCUT2D eigenvalue weighted by atomic mass is 10.2. The summed E-state index contributed by atoms with van der Waals surface area (Å²) in [5, 5.41) is 4.32. The number of hydrogen-bond acceptors (Lipinski definition) is 5. The molecule has 0 N–H and O–H groups in total. The van der Waals surface area contributed by atoms with Gasteiger partial charge >= 0.3 is 5.97 Å². The molecule has 0 atom stereocenters. The van der Waals surface area contributed by atoms with Crippen LogP contribution in [0.5, 0.6) is 0 Å². The highest BCUT2D eigenvalue weighted by molar-refractivity contribution is 7.92. The van der Waals surface area contributed by atoms with E-state index < -0.39 is 16.0 Å². The molecule has 2 aromatic carbocycles. The van der Waals surface area contributed by atoms with Gasteiger partial charge < -0.3 is 4.74 Å². The second-order valence-corrected chi connectivity index (χ2v) is 8.73. The molecule has 0 aliphatic rings. The minimum absolute atomic E-state index is 0.140. The fraction of sp³-hybridized carbons (Fsp3) is 0.200. The highest BCUT2D eigenvalue weighted by atomic mass is 35.5. The second kappa shape index (κ2) is 8.26. The van der Waals surface area contributed by atoms with E-state index in [9.17, 15) is 13.2 Å². The Morgan fingerprint density at radius 3 is 2.45 bits per heavy atom. The average molecular weight is 434 g/mol. The second-order valence-electron chi connectivity index (χ2n) is 6.44. The fourth-order valence-electron chi connectivity index (χ4n) is 2.75. The van der Waals surface area contributed by atoms with Gasteiger partial charge in [-0.05, 0) is 30.7 Å². The number of nitrogens with zero attached hydrogens (tertiary/aromatic N) is 3. The summed E-state index contributed by atoms with van der Waals surface area (Å²) in [6.07, 6.45) is 1.35. The number of sulfonamides is 1. The van der Waals surface area contributed by atoms with Gasteiger partial charge in [-0.1, -0.05) is 47.5 Å². The number of carbonyl (C=O) groups excluding carboxylic acids is 1. The van der Waals surface area contributed by atoms with Gasteiger partial charge in [-0.25, -0.2) is 4.79 Å². The van der Waals surface area contributed by atoms with E-state index in [4.69, 9.17) is 16.3 Å². The molecule has 3 aromatic rings. The van der Waals surface area contributed by atoms with Crippen LogP contribution in [-0.4, -0.2) is 38.3 Å². The number of aryl methyl sites for hydroxylation is 1. The number of halogens is 1. The molecule has 0 saturated heterocycles. The van der Waals surface area contributed by atoms with Crippen LogP contribution in [0.15, 0.2) is 59.8 Å². The summed E-state index contributed by atoms with van der Waals surface area (Å²) in [7, 11) is -1.51. The van der Waals surface area contributed by atoms with E-state index in [0.29, 0.717) is 10.7 Å². The number of rotatable bonds is 6.